The molecule has 0 aliphatic carbocycles. The van der Waals surface area contributed by atoms with E-state index in [0.717, 1.165) is 30.6 Å². The molecular weight excluding hydrogens is 420 g/mol. The maximum atomic E-state index is 12.5. The SMILES string of the molecule is CCCCCCOC(C)c1ccc(-c2ccc(C(=O)Oc3ccc(CCCC)cc3)cc2)cc1. The topological polar surface area (TPSA) is 35.5 Å². The molecule has 1 atom stereocenters. The smallest absolute Gasteiger partial charge is 0.343 e. The first kappa shape index (κ1) is 25.7. The van der Waals surface area contributed by atoms with Crippen LogP contribution in [-0.2, 0) is 11.2 Å². The first-order valence-corrected chi connectivity index (χ1v) is 12.7. The van der Waals surface area contributed by atoms with Crippen LogP contribution < -0.4 is 4.74 Å². The van der Waals surface area contributed by atoms with Gasteiger partial charge in [-0.15, -0.1) is 0 Å². The molecular formula is C31H38O3. The van der Waals surface area contributed by atoms with Gasteiger partial charge in [-0.2, -0.15) is 0 Å². The van der Waals surface area contributed by atoms with Crippen molar-refractivity contribution in [3.8, 4) is 16.9 Å². The molecule has 0 bridgehead atoms. The van der Waals surface area contributed by atoms with Crippen molar-refractivity contribution in [2.75, 3.05) is 6.61 Å². The molecule has 0 heterocycles. The van der Waals surface area contributed by atoms with Crippen molar-refractivity contribution in [2.45, 2.75) is 71.8 Å². The maximum Gasteiger partial charge on any atom is 0.343 e. The van der Waals surface area contributed by atoms with Gasteiger partial charge in [0.2, 0.25) is 0 Å². The molecule has 3 aromatic rings. The summed E-state index contributed by atoms with van der Waals surface area (Å²) in [6.07, 6.45) is 8.35. The van der Waals surface area contributed by atoms with Crippen LogP contribution in [0.1, 0.15) is 86.9 Å². The Labute approximate surface area is 205 Å². The summed E-state index contributed by atoms with van der Waals surface area (Å²) in [7, 11) is 0. The number of esters is 1. The van der Waals surface area contributed by atoms with Gasteiger partial charge in [0.25, 0.3) is 0 Å². The molecule has 3 nitrogen and oxygen atoms in total. The average molecular weight is 459 g/mol. The Hall–Kier alpha value is -2.91. The molecule has 0 spiro atoms. The first-order valence-electron chi connectivity index (χ1n) is 12.7. The van der Waals surface area contributed by atoms with E-state index in [4.69, 9.17) is 9.47 Å². The van der Waals surface area contributed by atoms with E-state index in [1.807, 2.05) is 48.5 Å². The number of hydrogen-bond acceptors (Lipinski definition) is 3. The van der Waals surface area contributed by atoms with Gasteiger partial charge in [-0.1, -0.05) is 88.1 Å². The van der Waals surface area contributed by atoms with Gasteiger partial charge >= 0.3 is 5.97 Å². The second-order valence-electron chi connectivity index (χ2n) is 8.91. The predicted molar refractivity (Wildman–Crippen MR) is 140 cm³/mol. The van der Waals surface area contributed by atoms with E-state index in [1.54, 1.807) is 0 Å². The van der Waals surface area contributed by atoms with Gasteiger partial charge in [-0.05, 0) is 72.7 Å². The summed E-state index contributed by atoms with van der Waals surface area (Å²) in [6, 6.07) is 23.8. The average Bonchev–Trinajstić information content (AvgIpc) is 2.88. The van der Waals surface area contributed by atoms with Crippen LogP contribution in [0.2, 0.25) is 0 Å². The van der Waals surface area contributed by atoms with E-state index in [-0.39, 0.29) is 12.1 Å². The summed E-state index contributed by atoms with van der Waals surface area (Å²) >= 11 is 0. The standard InChI is InChI=1S/C31H38O3/c1-4-6-8-9-23-33-24(3)26-13-15-27(16-14-26)28-17-19-29(20-18-28)31(32)34-30-21-11-25(12-22-30)10-7-5-2/h11-22,24H,4-10,23H2,1-3H3. The van der Waals surface area contributed by atoms with Crippen LogP contribution in [0.4, 0.5) is 0 Å². The lowest BCUT2D eigenvalue weighted by atomic mass is 10.0. The molecule has 0 aliphatic heterocycles. The van der Waals surface area contributed by atoms with Crippen molar-refractivity contribution >= 4 is 5.97 Å². The van der Waals surface area contributed by atoms with Crippen molar-refractivity contribution in [2.24, 2.45) is 0 Å². The molecule has 0 aliphatic rings. The van der Waals surface area contributed by atoms with Crippen LogP contribution in [0, 0.1) is 0 Å². The van der Waals surface area contributed by atoms with Crippen LogP contribution in [0.3, 0.4) is 0 Å². The number of carbonyl (C=O) groups excluding carboxylic acids is 1. The normalized spacial score (nSPS) is 11.9. The molecule has 0 saturated heterocycles. The zero-order valence-electron chi connectivity index (χ0n) is 20.9. The number of ether oxygens (including phenoxy) is 2. The predicted octanol–water partition coefficient (Wildman–Crippen LogP) is 8.57. The van der Waals surface area contributed by atoms with Crippen molar-refractivity contribution in [1.82, 2.24) is 0 Å². The minimum absolute atomic E-state index is 0.0912. The number of aryl methyl sites for hydroxylation is 1. The Kier molecular flexibility index (Phi) is 10.4. The number of carbonyl (C=O) groups is 1. The van der Waals surface area contributed by atoms with Crippen molar-refractivity contribution in [1.29, 1.82) is 0 Å². The lowest BCUT2D eigenvalue weighted by molar-refractivity contribution is 0.0628. The van der Waals surface area contributed by atoms with Crippen LogP contribution >= 0.6 is 0 Å². The first-order chi connectivity index (χ1) is 16.6. The molecule has 0 aromatic heterocycles. The Morgan fingerprint density at radius 3 is 1.97 bits per heavy atom. The molecule has 3 rings (SSSR count). The second kappa shape index (κ2) is 13.7. The van der Waals surface area contributed by atoms with E-state index in [9.17, 15) is 4.79 Å². The summed E-state index contributed by atoms with van der Waals surface area (Å²) in [5.41, 5.74) is 5.17. The van der Waals surface area contributed by atoms with E-state index >= 15 is 0 Å². The third kappa shape index (κ3) is 7.85. The highest BCUT2D eigenvalue weighted by molar-refractivity contribution is 5.91. The van der Waals surface area contributed by atoms with E-state index in [1.165, 1.54) is 43.2 Å². The quantitative estimate of drug-likeness (QED) is 0.146. The summed E-state index contributed by atoms with van der Waals surface area (Å²) < 4.78 is 11.5. The summed E-state index contributed by atoms with van der Waals surface area (Å²) in [6.45, 7) is 7.32. The van der Waals surface area contributed by atoms with Crippen molar-refractivity contribution in [3.63, 3.8) is 0 Å². The van der Waals surface area contributed by atoms with Gasteiger partial charge in [0.05, 0.1) is 11.7 Å². The molecule has 0 amide bonds. The Balaban J connectivity index is 1.53. The van der Waals surface area contributed by atoms with Gasteiger partial charge in [0.1, 0.15) is 5.75 Å². The highest BCUT2D eigenvalue weighted by Gasteiger charge is 2.10. The molecule has 3 aromatic carbocycles. The highest BCUT2D eigenvalue weighted by atomic mass is 16.5. The largest absolute Gasteiger partial charge is 0.423 e. The van der Waals surface area contributed by atoms with Crippen LogP contribution in [0.5, 0.6) is 5.75 Å². The fourth-order valence-electron chi connectivity index (χ4n) is 3.90. The van der Waals surface area contributed by atoms with Gasteiger partial charge in [0.15, 0.2) is 0 Å². The lowest BCUT2D eigenvalue weighted by Crippen LogP contribution is -2.08. The molecule has 0 radical (unpaired) electrons. The molecule has 0 fully saturated rings. The molecule has 34 heavy (non-hydrogen) atoms. The van der Waals surface area contributed by atoms with Crippen LogP contribution in [0.15, 0.2) is 72.8 Å². The minimum atomic E-state index is -0.340. The summed E-state index contributed by atoms with van der Waals surface area (Å²) in [5, 5.41) is 0. The number of rotatable bonds is 13. The molecule has 3 heteroatoms. The second-order valence-corrected chi connectivity index (χ2v) is 8.91. The zero-order chi connectivity index (χ0) is 24.2. The Morgan fingerprint density at radius 1 is 0.735 bits per heavy atom. The highest BCUT2D eigenvalue weighted by Crippen LogP contribution is 2.25. The number of benzene rings is 3. The summed E-state index contributed by atoms with van der Waals surface area (Å²) in [4.78, 5) is 12.5. The molecule has 0 N–H and O–H groups in total. The van der Waals surface area contributed by atoms with E-state index in [0.29, 0.717) is 11.3 Å². The van der Waals surface area contributed by atoms with Gasteiger partial charge in [-0.25, -0.2) is 4.79 Å². The zero-order valence-corrected chi connectivity index (χ0v) is 20.9. The molecule has 1 unspecified atom stereocenters. The van der Waals surface area contributed by atoms with Gasteiger partial charge in [-0.3, -0.25) is 0 Å². The van der Waals surface area contributed by atoms with Crippen LogP contribution in [0.25, 0.3) is 11.1 Å². The van der Waals surface area contributed by atoms with Crippen LogP contribution in [-0.4, -0.2) is 12.6 Å². The third-order valence-electron chi connectivity index (χ3n) is 6.15. The number of unbranched alkanes of at least 4 members (excludes halogenated alkanes) is 4. The van der Waals surface area contributed by atoms with E-state index in [2.05, 4.69) is 45.0 Å². The van der Waals surface area contributed by atoms with E-state index < -0.39 is 0 Å². The lowest BCUT2D eigenvalue weighted by Gasteiger charge is -2.14. The Morgan fingerprint density at radius 2 is 1.35 bits per heavy atom. The van der Waals surface area contributed by atoms with Gasteiger partial charge < -0.3 is 9.47 Å². The van der Waals surface area contributed by atoms with Crippen molar-refractivity contribution in [3.05, 3.63) is 89.5 Å². The molecule has 180 valence electrons. The monoisotopic (exact) mass is 458 g/mol. The fraction of sp³-hybridized carbons (Fsp3) is 0.387. The number of hydrogen-bond donors (Lipinski definition) is 0. The van der Waals surface area contributed by atoms with Crippen molar-refractivity contribution < 1.29 is 14.3 Å². The minimum Gasteiger partial charge on any atom is -0.423 e. The maximum absolute atomic E-state index is 12.5. The summed E-state index contributed by atoms with van der Waals surface area (Å²) in [5.74, 6) is 0.236. The molecule has 0 saturated carbocycles. The third-order valence-corrected chi connectivity index (χ3v) is 6.15. The Bertz CT molecular complexity index is 988. The van der Waals surface area contributed by atoms with Gasteiger partial charge in [0, 0.05) is 6.61 Å². The fourth-order valence-corrected chi connectivity index (χ4v) is 3.90.